The number of hydrogen-bond donors (Lipinski definition) is 2. The third kappa shape index (κ3) is 15.2. The molecule has 0 aliphatic heterocycles. The fourth-order valence-corrected chi connectivity index (χ4v) is 3.64. The molecule has 0 aliphatic rings. The highest BCUT2D eigenvalue weighted by molar-refractivity contribution is 5.77. The molecule has 0 saturated carbocycles. The summed E-state index contributed by atoms with van der Waals surface area (Å²) < 4.78 is 0. The lowest BCUT2D eigenvalue weighted by atomic mass is 9.91. The minimum atomic E-state index is -1.02. The average Bonchev–Trinajstić information content (AvgIpc) is 2.60. The second kappa shape index (κ2) is 17.4. The Balaban J connectivity index is 3.64. The lowest BCUT2D eigenvalue weighted by Crippen LogP contribution is -2.17. The number of hydrogen-bond acceptors (Lipinski definition) is 2. The minimum Gasteiger partial charge on any atom is -0.481 e. The van der Waals surface area contributed by atoms with E-state index >= 15 is 0 Å². The highest BCUT2D eigenvalue weighted by Gasteiger charge is 2.20. The van der Waals surface area contributed by atoms with Crippen LogP contribution in [0.15, 0.2) is 0 Å². The van der Waals surface area contributed by atoms with E-state index in [1.807, 2.05) is 0 Å². The van der Waals surface area contributed by atoms with E-state index < -0.39 is 17.9 Å². The van der Waals surface area contributed by atoms with Crippen molar-refractivity contribution in [2.75, 3.05) is 0 Å². The molecule has 0 aliphatic carbocycles. The van der Waals surface area contributed by atoms with Gasteiger partial charge in [0, 0.05) is 0 Å². The molecule has 26 heavy (non-hydrogen) atoms. The summed E-state index contributed by atoms with van der Waals surface area (Å²) in [6.07, 6.45) is 17.9. The van der Waals surface area contributed by atoms with E-state index in [0.717, 1.165) is 25.2 Å². The molecule has 4 heteroatoms. The van der Waals surface area contributed by atoms with Crippen LogP contribution >= 0.6 is 0 Å². The van der Waals surface area contributed by atoms with Crippen molar-refractivity contribution in [3.63, 3.8) is 0 Å². The van der Waals surface area contributed by atoms with Crippen LogP contribution in [0.1, 0.15) is 117 Å². The summed E-state index contributed by atoms with van der Waals surface area (Å²) in [5.74, 6) is -1.89. The van der Waals surface area contributed by atoms with Crippen LogP contribution in [0.4, 0.5) is 0 Å². The first kappa shape index (κ1) is 24.9. The molecular weight excluding hydrogens is 328 g/mol. The van der Waals surface area contributed by atoms with Gasteiger partial charge in [0.1, 0.15) is 0 Å². The number of carbonyl (C=O) groups is 2. The van der Waals surface area contributed by atoms with Gasteiger partial charge in [-0.25, -0.2) is 0 Å². The summed E-state index contributed by atoms with van der Waals surface area (Å²) >= 11 is 0. The van der Waals surface area contributed by atoms with Crippen LogP contribution in [0.2, 0.25) is 0 Å². The van der Waals surface area contributed by atoms with Gasteiger partial charge in [0.15, 0.2) is 0 Å². The van der Waals surface area contributed by atoms with Crippen LogP contribution in [0.3, 0.4) is 0 Å². The Morgan fingerprint density at radius 2 is 1.15 bits per heavy atom. The summed E-state index contributed by atoms with van der Waals surface area (Å²) in [7, 11) is 0. The van der Waals surface area contributed by atoms with Gasteiger partial charge in [0.2, 0.25) is 0 Å². The van der Waals surface area contributed by atoms with Crippen LogP contribution in [0, 0.1) is 11.8 Å². The van der Waals surface area contributed by atoms with E-state index in [2.05, 4.69) is 13.8 Å². The molecule has 0 amide bonds. The summed E-state index contributed by atoms with van der Waals surface area (Å²) in [6.45, 7) is 4.54. The second-order valence-corrected chi connectivity index (χ2v) is 7.81. The topological polar surface area (TPSA) is 74.6 Å². The number of aliphatic carboxylic acids is 2. The van der Waals surface area contributed by atoms with Crippen molar-refractivity contribution in [3.05, 3.63) is 0 Å². The molecule has 0 radical (unpaired) electrons. The molecule has 0 fully saturated rings. The van der Waals surface area contributed by atoms with Crippen LogP contribution in [0.5, 0.6) is 0 Å². The van der Waals surface area contributed by atoms with Gasteiger partial charge in [-0.05, 0) is 12.3 Å². The first-order valence-corrected chi connectivity index (χ1v) is 11.0. The van der Waals surface area contributed by atoms with Crippen molar-refractivity contribution in [2.45, 2.75) is 117 Å². The molecule has 0 spiro atoms. The summed E-state index contributed by atoms with van der Waals surface area (Å²) in [5.41, 5.74) is 0. The Bertz CT molecular complexity index is 354. The maximum atomic E-state index is 11.0. The van der Waals surface area contributed by atoms with Gasteiger partial charge >= 0.3 is 11.9 Å². The molecule has 0 heterocycles. The maximum absolute atomic E-state index is 11.0. The van der Waals surface area contributed by atoms with Gasteiger partial charge in [0.25, 0.3) is 0 Å². The van der Waals surface area contributed by atoms with Crippen molar-refractivity contribution in [1.82, 2.24) is 0 Å². The third-order valence-electron chi connectivity index (χ3n) is 5.48. The van der Waals surface area contributed by atoms with Gasteiger partial charge < -0.3 is 10.2 Å². The van der Waals surface area contributed by atoms with E-state index in [1.54, 1.807) is 0 Å². The molecule has 0 bridgehead atoms. The number of rotatable bonds is 19. The Morgan fingerprint density at radius 1 is 0.692 bits per heavy atom. The highest BCUT2D eigenvalue weighted by Crippen LogP contribution is 2.22. The molecule has 0 rings (SSSR count). The number of carboxylic acid groups (broad SMARTS) is 2. The quantitative estimate of drug-likeness (QED) is 0.249. The first-order chi connectivity index (χ1) is 12.5. The lowest BCUT2D eigenvalue weighted by Gasteiger charge is -2.15. The Kier molecular flexibility index (Phi) is 16.7. The van der Waals surface area contributed by atoms with E-state index in [1.165, 1.54) is 70.6 Å². The standard InChI is InChI=1S/C22H42O4/c1-3-5-6-7-8-9-12-15-19(4-2)16-13-10-11-14-17-20(22(25)26)18-21(23)24/h19-20H,3-18H2,1-2H3,(H,23,24)(H,25,26). The molecule has 2 unspecified atom stereocenters. The molecule has 0 saturated heterocycles. The predicted molar refractivity (Wildman–Crippen MR) is 107 cm³/mol. The van der Waals surface area contributed by atoms with Gasteiger partial charge in [-0.2, -0.15) is 0 Å². The second-order valence-electron chi connectivity index (χ2n) is 7.81. The van der Waals surface area contributed by atoms with E-state index in [-0.39, 0.29) is 6.42 Å². The Morgan fingerprint density at radius 3 is 1.58 bits per heavy atom. The summed E-state index contributed by atoms with van der Waals surface area (Å²) in [4.78, 5) is 21.7. The average molecular weight is 371 g/mol. The van der Waals surface area contributed by atoms with Gasteiger partial charge in [-0.1, -0.05) is 104 Å². The summed E-state index contributed by atoms with van der Waals surface area (Å²) in [6, 6.07) is 0. The Hall–Kier alpha value is -1.06. The monoisotopic (exact) mass is 370 g/mol. The molecule has 2 N–H and O–H groups in total. The molecule has 0 aromatic rings. The minimum absolute atomic E-state index is 0.258. The van der Waals surface area contributed by atoms with Crippen LogP contribution < -0.4 is 0 Å². The number of unbranched alkanes of at least 4 members (excludes halogenated alkanes) is 9. The largest absolute Gasteiger partial charge is 0.481 e. The SMILES string of the molecule is CCCCCCCCCC(CC)CCCCCCC(CC(=O)O)C(=O)O. The molecular formula is C22H42O4. The van der Waals surface area contributed by atoms with Crippen molar-refractivity contribution in [2.24, 2.45) is 11.8 Å². The van der Waals surface area contributed by atoms with E-state index in [0.29, 0.717) is 6.42 Å². The van der Waals surface area contributed by atoms with Crippen LogP contribution in [-0.2, 0) is 9.59 Å². The van der Waals surface area contributed by atoms with Crippen molar-refractivity contribution in [3.8, 4) is 0 Å². The van der Waals surface area contributed by atoms with E-state index in [4.69, 9.17) is 10.2 Å². The van der Waals surface area contributed by atoms with Gasteiger partial charge in [-0.15, -0.1) is 0 Å². The zero-order valence-electron chi connectivity index (χ0n) is 17.2. The Labute approximate surface area is 160 Å². The molecule has 0 aromatic carbocycles. The fraction of sp³-hybridized carbons (Fsp3) is 0.909. The normalized spacial score (nSPS) is 13.5. The number of carboxylic acids is 2. The third-order valence-corrected chi connectivity index (χ3v) is 5.48. The van der Waals surface area contributed by atoms with Crippen LogP contribution in [-0.4, -0.2) is 22.2 Å². The summed E-state index contributed by atoms with van der Waals surface area (Å²) in [5, 5.41) is 17.8. The van der Waals surface area contributed by atoms with Crippen molar-refractivity contribution < 1.29 is 19.8 Å². The first-order valence-electron chi connectivity index (χ1n) is 11.0. The zero-order valence-corrected chi connectivity index (χ0v) is 17.2. The van der Waals surface area contributed by atoms with Crippen LogP contribution in [0.25, 0.3) is 0 Å². The lowest BCUT2D eigenvalue weighted by molar-refractivity contribution is -0.148. The molecule has 0 aromatic heterocycles. The highest BCUT2D eigenvalue weighted by atomic mass is 16.4. The van der Waals surface area contributed by atoms with Crippen molar-refractivity contribution >= 4 is 11.9 Å². The maximum Gasteiger partial charge on any atom is 0.307 e. The smallest absolute Gasteiger partial charge is 0.307 e. The fourth-order valence-electron chi connectivity index (χ4n) is 3.64. The van der Waals surface area contributed by atoms with Crippen molar-refractivity contribution in [1.29, 1.82) is 0 Å². The molecule has 4 nitrogen and oxygen atoms in total. The molecule has 154 valence electrons. The van der Waals surface area contributed by atoms with E-state index in [9.17, 15) is 9.59 Å². The van der Waals surface area contributed by atoms with Gasteiger partial charge in [0.05, 0.1) is 12.3 Å². The predicted octanol–water partition coefficient (Wildman–Crippen LogP) is 6.67. The molecule has 2 atom stereocenters. The zero-order chi connectivity index (χ0) is 19.6. The van der Waals surface area contributed by atoms with Gasteiger partial charge in [-0.3, -0.25) is 9.59 Å².